The van der Waals surface area contributed by atoms with Gasteiger partial charge in [0.25, 0.3) is 7.82 Å². The normalized spacial score (nSPS) is 13.8. The van der Waals surface area contributed by atoms with E-state index in [4.69, 9.17) is 18.5 Å². The predicted octanol–water partition coefficient (Wildman–Crippen LogP) is 22.6. The first-order valence-corrected chi connectivity index (χ1v) is 37.1. The van der Waals surface area contributed by atoms with E-state index in [9.17, 15) is 19.0 Å². The number of ether oxygens (including phenoxy) is 2. The SMILES string of the molecule is CC/C=C\C/C=C\C/C=C\C/C=C\C/C=C\C/C=C\CCCCC(=O)OC(COC(=O)CCCCCCCCCCCCCCCCCCCCCCCCCCCC/C=C\C/C=C\C/C=C\CCCCCCC)COP(=O)([O-])OCC[N+](C)(C)C. The van der Waals surface area contributed by atoms with E-state index < -0.39 is 32.5 Å². The van der Waals surface area contributed by atoms with Crippen LogP contribution in [0.15, 0.2) is 109 Å². The molecule has 0 aliphatic rings. The summed E-state index contributed by atoms with van der Waals surface area (Å²) in [6.07, 6.45) is 93.5. The van der Waals surface area contributed by atoms with Crippen LogP contribution in [0.5, 0.6) is 0 Å². The van der Waals surface area contributed by atoms with Crippen molar-refractivity contribution in [1.29, 1.82) is 0 Å². The molecule has 10 heteroatoms. The summed E-state index contributed by atoms with van der Waals surface area (Å²) in [6.45, 7) is 4.08. The number of esters is 2. The molecule has 496 valence electrons. The van der Waals surface area contributed by atoms with E-state index >= 15 is 0 Å². The van der Waals surface area contributed by atoms with E-state index in [0.29, 0.717) is 17.4 Å². The van der Waals surface area contributed by atoms with Crippen LogP contribution in [0.4, 0.5) is 0 Å². The maximum Gasteiger partial charge on any atom is 0.306 e. The fraction of sp³-hybridized carbons (Fsp3) is 0.737. The number of phosphoric acid groups is 1. The zero-order chi connectivity index (χ0) is 62.6. The third-order valence-corrected chi connectivity index (χ3v) is 16.2. The van der Waals surface area contributed by atoms with E-state index in [1.165, 1.54) is 193 Å². The van der Waals surface area contributed by atoms with E-state index in [0.717, 1.165) is 83.5 Å². The van der Waals surface area contributed by atoms with Gasteiger partial charge in [0.15, 0.2) is 6.10 Å². The molecule has 0 aliphatic heterocycles. The van der Waals surface area contributed by atoms with Gasteiger partial charge in [-0.1, -0.05) is 303 Å². The Morgan fingerprint density at radius 1 is 0.372 bits per heavy atom. The molecule has 0 aromatic rings. The van der Waals surface area contributed by atoms with Gasteiger partial charge in [-0.25, -0.2) is 0 Å². The Hall–Kier alpha value is -3.33. The van der Waals surface area contributed by atoms with E-state index in [-0.39, 0.29) is 26.1 Å². The molecular formula is C76H134NO8P. The van der Waals surface area contributed by atoms with E-state index in [2.05, 4.69) is 123 Å². The van der Waals surface area contributed by atoms with Crippen molar-refractivity contribution < 1.29 is 42.1 Å². The number of carbonyl (C=O) groups excluding carboxylic acids is 2. The number of hydrogen-bond acceptors (Lipinski definition) is 8. The fourth-order valence-corrected chi connectivity index (χ4v) is 10.6. The summed E-state index contributed by atoms with van der Waals surface area (Å²) in [7, 11) is 1.13. The highest BCUT2D eigenvalue weighted by Crippen LogP contribution is 2.38. The standard InChI is InChI=1S/C76H134NO8P/c1-6-8-10-12-14-16-18-20-22-24-26-28-29-30-31-32-33-34-35-36-37-38-39-40-41-42-43-44-45-46-47-49-50-52-54-56-58-60-62-64-66-68-75(78)82-72-74(73-84-86(80,81)83-71-70-77(3,4)5)85-76(79)69-67-65-63-61-59-57-55-53-51-48-27-25-23-21-19-17-15-13-11-9-7-2/h9,11,15,17-18,20-21,23-24,26-27,29-30,48,53,55,59,61,74H,6-8,10,12-14,16,19,22,25,28,31-47,49-52,54,56-58,60,62-73H2,1-5H3/b11-9-,17-15-,20-18-,23-21-,26-24-,30-29-,48-27-,55-53-,61-59-. The lowest BCUT2D eigenvalue weighted by molar-refractivity contribution is -0.870. The van der Waals surface area contributed by atoms with Crippen LogP contribution in [0.1, 0.15) is 309 Å². The van der Waals surface area contributed by atoms with Gasteiger partial charge in [-0.2, -0.15) is 0 Å². The Morgan fingerprint density at radius 2 is 0.663 bits per heavy atom. The van der Waals surface area contributed by atoms with Crippen molar-refractivity contribution in [1.82, 2.24) is 0 Å². The number of unbranched alkanes of at least 4 members (excludes halogenated alkanes) is 33. The summed E-state index contributed by atoms with van der Waals surface area (Å²) in [5.74, 6) is -0.880. The molecule has 0 fully saturated rings. The van der Waals surface area contributed by atoms with Crippen LogP contribution in [0, 0.1) is 0 Å². The van der Waals surface area contributed by atoms with Crippen molar-refractivity contribution in [2.24, 2.45) is 0 Å². The van der Waals surface area contributed by atoms with Gasteiger partial charge in [-0.15, -0.1) is 0 Å². The Kier molecular flexibility index (Phi) is 63.5. The minimum atomic E-state index is -4.66. The number of phosphoric ester groups is 1. The Labute approximate surface area is 531 Å². The van der Waals surface area contributed by atoms with Crippen molar-refractivity contribution in [2.75, 3.05) is 47.5 Å². The highest BCUT2D eigenvalue weighted by atomic mass is 31.2. The lowest BCUT2D eigenvalue weighted by Gasteiger charge is -2.28. The largest absolute Gasteiger partial charge is 0.756 e. The van der Waals surface area contributed by atoms with Gasteiger partial charge < -0.3 is 27.9 Å². The number of likely N-dealkylation sites (N-methyl/N-ethyl adjacent to an activating group) is 1. The van der Waals surface area contributed by atoms with Gasteiger partial charge in [0.1, 0.15) is 19.8 Å². The van der Waals surface area contributed by atoms with E-state index in [1.54, 1.807) is 0 Å². The molecule has 0 radical (unpaired) electrons. The average Bonchev–Trinajstić information content (AvgIpc) is 3.67. The van der Waals surface area contributed by atoms with Crippen molar-refractivity contribution in [2.45, 2.75) is 315 Å². The predicted molar refractivity (Wildman–Crippen MR) is 369 cm³/mol. The second-order valence-corrected chi connectivity index (χ2v) is 26.3. The highest BCUT2D eigenvalue weighted by molar-refractivity contribution is 7.45. The Balaban J connectivity index is 3.96. The number of carbonyl (C=O) groups is 2. The molecule has 0 aromatic heterocycles. The number of quaternary nitrogens is 1. The minimum Gasteiger partial charge on any atom is -0.756 e. The molecule has 0 aromatic carbocycles. The number of nitrogens with zero attached hydrogens (tertiary/aromatic N) is 1. The summed E-state index contributed by atoms with van der Waals surface area (Å²) in [5, 5.41) is 0. The summed E-state index contributed by atoms with van der Waals surface area (Å²) in [4.78, 5) is 38.0. The molecule has 0 saturated heterocycles. The maximum absolute atomic E-state index is 12.8. The topological polar surface area (TPSA) is 111 Å². The molecule has 0 heterocycles. The molecule has 0 rings (SSSR count). The molecule has 86 heavy (non-hydrogen) atoms. The van der Waals surface area contributed by atoms with Gasteiger partial charge in [0, 0.05) is 12.8 Å². The van der Waals surface area contributed by atoms with Crippen LogP contribution in [-0.2, 0) is 32.7 Å². The number of hydrogen-bond donors (Lipinski definition) is 0. The van der Waals surface area contributed by atoms with Crippen LogP contribution >= 0.6 is 7.82 Å². The zero-order valence-corrected chi connectivity index (χ0v) is 57.4. The smallest absolute Gasteiger partial charge is 0.306 e. The van der Waals surface area contributed by atoms with Crippen LogP contribution in [0.2, 0.25) is 0 Å². The minimum absolute atomic E-state index is 0.0431. The third-order valence-electron chi connectivity index (χ3n) is 15.3. The third kappa shape index (κ3) is 69.8. The summed E-state index contributed by atoms with van der Waals surface area (Å²) < 4.78 is 34.2. The van der Waals surface area contributed by atoms with Gasteiger partial charge in [-0.05, 0) is 103 Å². The number of rotatable bonds is 65. The first kappa shape index (κ1) is 82.7. The average molecular weight is 1220 g/mol. The van der Waals surface area contributed by atoms with Crippen LogP contribution in [-0.4, -0.2) is 70.0 Å². The fourth-order valence-electron chi connectivity index (χ4n) is 9.85. The molecule has 0 spiro atoms. The van der Waals surface area contributed by atoms with Crippen molar-refractivity contribution in [3.05, 3.63) is 109 Å². The van der Waals surface area contributed by atoms with Crippen LogP contribution in [0.25, 0.3) is 0 Å². The van der Waals surface area contributed by atoms with Gasteiger partial charge in [0.2, 0.25) is 0 Å². The summed E-state index contributed by atoms with van der Waals surface area (Å²) in [5.41, 5.74) is 0. The first-order chi connectivity index (χ1) is 42.0. The van der Waals surface area contributed by atoms with Crippen LogP contribution < -0.4 is 4.89 Å². The van der Waals surface area contributed by atoms with Crippen molar-refractivity contribution in [3.8, 4) is 0 Å². The Morgan fingerprint density at radius 3 is 1.01 bits per heavy atom. The number of allylic oxidation sites excluding steroid dienone is 18. The molecule has 2 unspecified atom stereocenters. The van der Waals surface area contributed by atoms with Gasteiger partial charge in [0.05, 0.1) is 27.7 Å². The quantitative estimate of drug-likeness (QED) is 0.0195. The summed E-state index contributed by atoms with van der Waals surface area (Å²) in [6, 6.07) is 0. The van der Waals surface area contributed by atoms with Crippen molar-refractivity contribution in [3.63, 3.8) is 0 Å². The second-order valence-electron chi connectivity index (χ2n) is 24.9. The molecule has 9 nitrogen and oxygen atoms in total. The summed E-state index contributed by atoms with van der Waals surface area (Å²) >= 11 is 0. The molecule has 0 saturated carbocycles. The molecule has 0 bridgehead atoms. The molecule has 0 N–H and O–H groups in total. The highest BCUT2D eigenvalue weighted by Gasteiger charge is 2.22. The first-order valence-electron chi connectivity index (χ1n) is 35.6. The monoisotopic (exact) mass is 1220 g/mol. The lowest BCUT2D eigenvalue weighted by Crippen LogP contribution is -2.37. The Bertz CT molecular complexity index is 1820. The lowest BCUT2D eigenvalue weighted by atomic mass is 10.0. The van der Waals surface area contributed by atoms with E-state index in [1.807, 2.05) is 21.1 Å². The molecular weight excluding hydrogens is 1090 g/mol. The van der Waals surface area contributed by atoms with Crippen LogP contribution in [0.3, 0.4) is 0 Å². The molecule has 0 aliphatic carbocycles. The zero-order valence-electron chi connectivity index (χ0n) is 56.5. The van der Waals surface area contributed by atoms with Gasteiger partial charge in [-0.3, -0.25) is 14.2 Å². The molecule has 0 amide bonds. The molecule has 2 atom stereocenters. The second kappa shape index (κ2) is 66.1. The van der Waals surface area contributed by atoms with Crippen molar-refractivity contribution >= 4 is 19.8 Å². The maximum atomic E-state index is 12.8. The van der Waals surface area contributed by atoms with Gasteiger partial charge >= 0.3 is 11.9 Å².